The molecule has 0 aliphatic carbocycles. The topological polar surface area (TPSA) is 45.5 Å². The molecule has 0 atom stereocenters. The maximum atomic E-state index is 12.1. The lowest BCUT2D eigenvalue weighted by atomic mass is 9.93. The van der Waals surface area contributed by atoms with Crippen molar-refractivity contribution in [2.24, 2.45) is 5.92 Å². The lowest BCUT2D eigenvalue weighted by molar-refractivity contribution is 0.0653. The van der Waals surface area contributed by atoms with Crippen molar-refractivity contribution in [1.29, 1.82) is 0 Å². The molecule has 0 saturated carbocycles. The first-order chi connectivity index (χ1) is 8.70. The molecule has 1 aliphatic rings. The maximum Gasteiger partial charge on any atom is 0.289 e. The SMILES string of the molecule is CNCCC1CCN(C(=O)c2ccc(Br)o2)CC1.Cl. The summed E-state index contributed by atoms with van der Waals surface area (Å²) in [4.78, 5) is 14.0. The van der Waals surface area contributed by atoms with Gasteiger partial charge in [0.05, 0.1) is 0 Å². The minimum absolute atomic E-state index is 0. The highest BCUT2D eigenvalue weighted by Gasteiger charge is 2.24. The predicted molar refractivity (Wildman–Crippen MR) is 80.8 cm³/mol. The van der Waals surface area contributed by atoms with Crippen LogP contribution < -0.4 is 5.32 Å². The molecule has 19 heavy (non-hydrogen) atoms. The van der Waals surface area contributed by atoms with Crippen molar-refractivity contribution >= 4 is 34.2 Å². The molecule has 0 bridgehead atoms. The van der Waals surface area contributed by atoms with Gasteiger partial charge in [-0.2, -0.15) is 0 Å². The van der Waals surface area contributed by atoms with E-state index >= 15 is 0 Å². The number of amides is 1. The normalized spacial score (nSPS) is 16.2. The molecule has 0 radical (unpaired) electrons. The molecule has 0 unspecified atom stereocenters. The first-order valence-electron chi connectivity index (χ1n) is 6.40. The van der Waals surface area contributed by atoms with E-state index in [0.717, 1.165) is 38.4 Å². The molecule has 108 valence electrons. The van der Waals surface area contributed by atoms with Crippen LogP contribution in [0, 0.1) is 5.92 Å². The van der Waals surface area contributed by atoms with E-state index in [0.29, 0.717) is 10.4 Å². The Bertz CT molecular complexity index is 403. The van der Waals surface area contributed by atoms with Crippen molar-refractivity contribution in [2.45, 2.75) is 19.3 Å². The van der Waals surface area contributed by atoms with Crippen molar-refractivity contribution in [3.8, 4) is 0 Å². The molecule has 1 aromatic heterocycles. The van der Waals surface area contributed by atoms with E-state index < -0.39 is 0 Å². The molecule has 1 aromatic rings. The van der Waals surface area contributed by atoms with Crippen molar-refractivity contribution in [3.05, 3.63) is 22.6 Å². The molecule has 0 aromatic carbocycles. The Morgan fingerprint density at radius 2 is 2.16 bits per heavy atom. The van der Waals surface area contributed by atoms with Gasteiger partial charge in [0.15, 0.2) is 10.4 Å². The smallest absolute Gasteiger partial charge is 0.289 e. The van der Waals surface area contributed by atoms with Gasteiger partial charge >= 0.3 is 0 Å². The van der Waals surface area contributed by atoms with Crippen LogP contribution in [0.5, 0.6) is 0 Å². The molecule has 1 N–H and O–H groups in total. The highest BCUT2D eigenvalue weighted by Crippen LogP contribution is 2.22. The number of piperidine rings is 1. The Labute approximate surface area is 128 Å². The second kappa shape index (κ2) is 7.92. The number of rotatable bonds is 4. The number of furan rings is 1. The third-order valence-electron chi connectivity index (χ3n) is 3.49. The number of nitrogens with one attached hydrogen (secondary N) is 1. The molecule has 1 aliphatic heterocycles. The van der Waals surface area contributed by atoms with Crippen molar-refractivity contribution in [3.63, 3.8) is 0 Å². The van der Waals surface area contributed by atoms with E-state index in [-0.39, 0.29) is 18.3 Å². The highest BCUT2D eigenvalue weighted by molar-refractivity contribution is 9.10. The molecule has 0 spiro atoms. The Morgan fingerprint density at radius 1 is 1.47 bits per heavy atom. The van der Waals surface area contributed by atoms with E-state index in [4.69, 9.17) is 4.42 Å². The van der Waals surface area contributed by atoms with E-state index in [2.05, 4.69) is 21.2 Å². The number of halogens is 2. The van der Waals surface area contributed by atoms with Crippen LogP contribution in [-0.2, 0) is 0 Å². The Morgan fingerprint density at radius 3 is 2.68 bits per heavy atom. The van der Waals surface area contributed by atoms with Gasteiger partial charge in [-0.25, -0.2) is 0 Å². The van der Waals surface area contributed by atoms with Gasteiger partial charge in [0.1, 0.15) is 0 Å². The summed E-state index contributed by atoms with van der Waals surface area (Å²) in [6.45, 7) is 2.74. The van der Waals surface area contributed by atoms with Gasteiger partial charge in [-0.05, 0) is 66.8 Å². The minimum atomic E-state index is 0. The lowest BCUT2D eigenvalue weighted by Gasteiger charge is -2.31. The summed E-state index contributed by atoms with van der Waals surface area (Å²) in [7, 11) is 1.98. The summed E-state index contributed by atoms with van der Waals surface area (Å²) in [5.41, 5.74) is 0. The Hall–Kier alpha value is -0.520. The zero-order valence-corrected chi connectivity index (χ0v) is 13.4. The second-order valence-corrected chi connectivity index (χ2v) is 5.51. The predicted octanol–water partition coefficient (Wildman–Crippen LogP) is 2.93. The molecule has 2 heterocycles. The number of hydrogen-bond donors (Lipinski definition) is 1. The van der Waals surface area contributed by atoms with Crippen LogP contribution in [0.25, 0.3) is 0 Å². The fourth-order valence-electron chi connectivity index (χ4n) is 2.36. The molecule has 4 nitrogen and oxygen atoms in total. The summed E-state index contributed by atoms with van der Waals surface area (Å²) < 4.78 is 5.91. The van der Waals surface area contributed by atoms with Crippen molar-refractivity contribution in [2.75, 3.05) is 26.7 Å². The maximum absolute atomic E-state index is 12.1. The second-order valence-electron chi connectivity index (χ2n) is 4.73. The first-order valence-corrected chi connectivity index (χ1v) is 7.19. The summed E-state index contributed by atoms with van der Waals surface area (Å²) in [5.74, 6) is 1.17. The number of nitrogens with zero attached hydrogens (tertiary/aromatic N) is 1. The molecule has 1 amide bonds. The van der Waals surface area contributed by atoms with Gasteiger partial charge in [0.2, 0.25) is 0 Å². The van der Waals surface area contributed by atoms with Crippen LogP contribution >= 0.6 is 28.3 Å². The summed E-state index contributed by atoms with van der Waals surface area (Å²) >= 11 is 3.22. The number of hydrogen-bond acceptors (Lipinski definition) is 3. The Balaban J connectivity index is 0.00000180. The van der Waals surface area contributed by atoms with Crippen LogP contribution in [-0.4, -0.2) is 37.5 Å². The van der Waals surface area contributed by atoms with Crippen LogP contribution in [0.2, 0.25) is 0 Å². The van der Waals surface area contributed by atoms with E-state index in [9.17, 15) is 4.79 Å². The van der Waals surface area contributed by atoms with Crippen molar-refractivity contribution in [1.82, 2.24) is 10.2 Å². The quantitative estimate of drug-likeness (QED) is 0.907. The van der Waals surface area contributed by atoms with Gasteiger partial charge in [-0.3, -0.25) is 4.79 Å². The summed E-state index contributed by atoms with van der Waals surface area (Å²) in [6.07, 6.45) is 3.38. The van der Waals surface area contributed by atoms with Crippen LogP contribution in [0.1, 0.15) is 29.8 Å². The third-order valence-corrected chi connectivity index (χ3v) is 3.91. The lowest BCUT2D eigenvalue weighted by Crippen LogP contribution is -2.38. The van der Waals surface area contributed by atoms with Gasteiger partial charge in [-0.15, -0.1) is 12.4 Å². The first kappa shape index (κ1) is 16.5. The molecular weight excluding hydrogens is 332 g/mol. The van der Waals surface area contributed by atoms with Crippen LogP contribution in [0.15, 0.2) is 21.2 Å². The zero-order valence-electron chi connectivity index (χ0n) is 11.0. The number of likely N-dealkylation sites (tertiary alicyclic amines) is 1. The fraction of sp³-hybridized carbons (Fsp3) is 0.615. The van der Waals surface area contributed by atoms with E-state index in [1.165, 1.54) is 6.42 Å². The number of carbonyl (C=O) groups excluding carboxylic acids is 1. The zero-order chi connectivity index (χ0) is 13.0. The van der Waals surface area contributed by atoms with Crippen LogP contribution in [0.3, 0.4) is 0 Å². The highest BCUT2D eigenvalue weighted by atomic mass is 79.9. The number of carbonyl (C=O) groups is 1. The average molecular weight is 352 g/mol. The van der Waals surface area contributed by atoms with Gasteiger partial charge < -0.3 is 14.6 Å². The van der Waals surface area contributed by atoms with Gasteiger partial charge in [0, 0.05) is 13.1 Å². The molecule has 2 rings (SSSR count). The van der Waals surface area contributed by atoms with Crippen LogP contribution in [0.4, 0.5) is 0 Å². The molecule has 1 saturated heterocycles. The van der Waals surface area contributed by atoms with Gasteiger partial charge in [0.25, 0.3) is 5.91 Å². The van der Waals surface area contributed by atoms with E-state index in [1.807, 2.05) is 11.9 Å². The van der Waals surface area contributed by atoms with Crippen molar-refractivity contribution < 1.29 is 9.21 Å². The monoisotopic (exact) mass is 350 g/mol. The standard InChI is InChI=1S/C13H19BrN2O2.ClH/c1-15-7-4-10-5-8-16(9-6-10)13(17)11-2-3-12(14)18-11;/h2-3,10,15H,4-9H2,1H3;1H. The fourth-order valence-corrected chi connectivity index (χ4v) is 2.66. The average Bonchev–Trinajstić information content (AvgIpc) is 2.83. The third kappa shape index (κ3) is 4.51. The largest absolute Gasteiger partial charge is 0.444 e. The molecular formula is C13H20BrClN2O2. The molecule has 6 heteroatoms. The Kier molecular flexibility index (Phi) is 6.89. The van der Waals surface area contributed by atoms with Gasteiger partial charge in [-0.1, -0.05) is 0 Å². The molecule has 1 fully saturated rings. The van der Waals surface area contributed by atoms with E-state index in [1.54, 1.807) is 12.1 Å². The summed E-state index contributed by atoms with van der Waals surface area (Å²) in [6, 6.07) is 3.48. The minimum Gasteiger partial charge on any atom is -0.444 e. The summed E-state index contributed by atoms with van der Waals surface area (Å²) in [5, 5.41) is 3.18.